The van der Waals surface area contributed by atoms with Gasteiger partial charge in [0.25, 0.3) is 11.7 Å². The van der Waals surface area contributed by atoms with Crippen molar-refractivity contribution in [1.82, 2.24) is 14.8 Å². The fourth-order valence-electron chi connectivity index (χ4n) is 3.19. The maximum absolute atomic E-state index is 12.8. The third-order valence-corrected chi connectivity index (χ3v) is 4.64. The molecule has 1 atom stereocenters. The fraction of sp³-hybridized carbons (Fsp3) is 0.286. The summed E-state index contributed by atoms with van der Waals surface area (Å²) in [4.78, 5) is 33.3. The number of ether oxygens (including phenoxy) is 1. The third kappa shape index (κ3) is 3.75. The van der Waals surface area contributed by atoms with E-state index in [1.807, 2.05) is 19.0 Å². The molecule has 7 nitrogen and oxygen atoms in total. The molecule has 1 aliphatic rings. The minimum Gasteiger partial charge on any atom is -0.507 e. The summed E-state index contributed by atoms with van der Waals surface area (Å²) in [5.74, 6) is -1.04. The Morgan fingerprint density at radius 3 is 2.64 bits per heavy atom. The summed E-state index contributed by atoms with van der Waals surface area (Å²) < 4.78 is 5.20. The van der Waals surface area contributed by atoms with Gasteiger partial charge in [0.1, 0.15) is 17.6 Å². The average molecular weight is 381 g/mol. The van der Waals surface area contributed by atoms with E-state index < -0.39 is 17.7 Å². The average Bonchev–Trinajstić information content (AvgIpc) is 2.97. The lowest BCUT2D eigenvalue weighted by Gasteiger charge is -2.25. The van der Waals surface area contributed by atoms with Gasteiger partial charge < -0.3 is 19.6 Å². The molecule has 0 bridgehead atoms. The SMILES string of the molecule is COc1cccc(/C(O)=C2\C(=O)C(=O)N(CCN(C)C)[C@@H]2c2ccccn2)c1. The van der Waals surface area contributed by atoms with E-state index in [4.69, 9.17) is 4.74 Å². The molecule has 1 amide bonds. The maximum Gasteiger partial charge on any atom is 0.295 e. The molecule has 0 unspecified atom stereocenters. The highest BCUT2D eigenvalue weighted by Crippen LogP contribution is 2.38. The number of aliphatic hydroxyl groups excluding tert-OH is 1. The van der Waals surface area contributed by atoms with Crippen molar-refractivity contribution in [2.75, 3.05) is 34.3 Å². The van der Waals surface area contributed by atoms with Gasteiger partial charge >= 0.3 is 0 Å². The van der Waals surface area contributed by atoms with Gasteiger partial charge in [0.15, 0.2) is 0 Å². The van der Waals surface area contributed by atoms with E-state index in [-0.39, 0.29) is 11.3 Å². The second-order valence-corrected chi connectivity index (χ2v) is 6.78. The van der Waals surface area contributed by atoms with Crippen molar-refractivity contribution in [2.24, 2.45) is 0 Å². The van der Waals surface area contributed by atoms with Gasteiger partial charge in [-0.3, -0.25) is 14.6 Å². The molecule has 7 heteroatoms. The number of carbonyl (C=O) groups excluding carboxylic acids is 2. The van der Waals surface area contributed by atoms with Gasteiger partial charge in [-0.1, -0.05) is 18.2 Å². The minimum absolute atomic E-state index is 0.0377. The molecule has 0 spiro atoms. The molecule has 1 fully saturated rings. The largest absolute Gasteiger partial charge is 0.507 e. The van der Waals surface area contributed by atoms with Crippen LogP contribution in [0.2, 0.25) is 0 Å². The van der Waals surface area contributed by atoms with E-state index in [9.17, 15) is 14.7 Å². The molecule has 0 radical (unpaired) electrons. The van der Waals surface area contributed by atoms with Gasteiger partial charge in [0.2, 0.25) is 0 Å². The number of pyridine rings is 1. The van der Waals surface area contributed by atoms with Crippen LogP contribution in [-0.2, 0) is 9.59 Å². The normalized spacial score (nSPS) is 18.7. The number of carbonyl (C=O) groups is 2. The zero-order valence-corrected chi connectivity index (χ0v) is 16.1. The monoisotopic (exact) mass is 381 g/mol. The van der Waals surface area contributed by atoms with Gasteiger partial charge in [-0.2, -0.15) is 0 Å². The quantitative estimate of drug-likeness (QED) is 0.469. The topological polar surface area (TPSA) is 83.0 Å². The Labute approximate surface area is 163 Å². The minimum atomic E-state index is -0.743. The zero-order valence-electron chi connectivity index (χ0n) is 16.1. The number of hydrogen-bond acceptors (Lipinski definition) is 6. The molecule has 1 N–H and O–H groups in total. The Morgan fingerprint density at radius 1 is 1.21 bits per heavy atom. The van der Waals surface area contributed by atoms with Crippen molar-refractivity contribution in [3.05, 3.63) is 65.5 Å². The first-order chi connectivity index (χ1) is 13.4. The van der Waals surface area contributed by atoms with Crippen LogP contribution < -0.4 is 4.74 Å². The molecule has 1 aliphatic heterocycles. The summed E-state index contributed by atoms with van der Waals surface area (Å²) in [5, 5.41) is 10.9. The first kappa shape index (κ1) is 19.6. The van der Waals surface area contributed by atoms with E-state index in [2.05, 4.69) is 4.98 Å². The van der Waals surface area contributed by atoms with Crippen LogP contribution in [0.4, 0.5) is 0 Å². The molecule has 28 heavy (non-hydrogen) atoms. The predicted molar refractivity (Wildman–Crippen MR) is 105 cm³/mol. The number of hydrogen-bond donors (Lipinski definition) is 1. The Hall–Kier alpha value is -3.19. The van der Waals surface area contributed by atoms with Crippen molar-refractivity contribution < 1.29 is 19.4 Å². The first-order valence-electron chi connectivity index (χ1n) is 8.92. The van der Waals surface area contributed by atoms with E-state index in [1.54, 1.807) is 48.7 Å². The molecule has 2 aromatic rings. The van der Waals surface area contributed by atoms with Crippen LogP contribution in [0.15, 0.2) is 54.2 Å². The lowest BCUT2D eigenvalue weighted by Crippen LogP contribution is -2.35. The van der Waals surface area contributed by atoms with Crippen LogP contribution >= 0.6 is 0 Å². The Morgan fingerprint density at radius 2 is 2.00 bits per heavy atom. The highest BCUT2D eigenvalue weighted by Gasteiger charge is 2.46. The maximum atomic E-state index is 12.8. The number of benzene rings is 1. The molecule has 3 rings (SSSR count). The van der Waals surface area contributed by atoms with Crippen molar-refractivity contribution >= 4 is 17.4 Å². The number of aromatic nitrogens is 1. The number of nitrogens with zero attached hydrogens (tertiary/aromatic N) is 3. The number of likely N-dealkylation sites (N-methyl/N-ethyl adjacent to an activating group) is 1. The highest BCUT2D eigenvalue weighted by atomic mass is 16.5. The van der Waals surface area contributed by atoms with Crippen LogP contribution in [-0.4, -0.2) is 65.9 Å². The van der Waals surface area contributed by atoms with Crippen molar-refractivity contribution in [3.63, 3.8) is 0 Å². The number of Topliss-reactive ketones (excluding diaryl/α,β-unsaturated/α-hetero) is 1. The van der Waals surface area contributed by atoms with Gasteiger partial charge in [-0.15, -0.1) is 0 Å². The van der Waals surface area contributed by atoms with Crippen LogP contribution in [0.1, 0.15) is 17.3 Å². The Balaban J connectivity index is 2.13. The molecule has 1 saturated heterocycles. The van der Waals surface area contributed by atoms with Gasteiger partial charge in [-0.05, 0) is 38.4 Å². The predicted octanol–water partition coefficient (Wildman–Crippen LogP) is 2.07. The lowest BCUT2D eigenvalue weighted by atomic mass is 9.98. The zero-order chi connectivity index (χ0) is 20.3. The summed E-state index contributed by atoms with van der Waals surface area (Å²) >= 11 is 0. The van der Waals surface area contributed by atoms with E-state index in [0.29, 0.717) is 30.1 Å². The molecule has 1 aromatic heterocycles. The van der Waals surface area contributed by atoms with Crippen molar-refractivity contribution in [1.29, 1.82) is 0 Å². The molecular weight excluding hydrogens is 358 g/mol. The third-order valence-electron chi connectivity index (χ3n) is 4.64. The lowest BCUT2D eigenvalue weighted by molar-refractivity contribution is -0.140. The van der Waals surface area contributed by atoms with Crippen LogP contribution in [0.25, 0.3) is 5.76 Å². The van der Waals surface area contributed by atoms with E-state index in [0.717, 1.165) is 0 Å². The number of ketones is 1. The van der Waals surface area contributed by atoms with E-state index in [1.165, 1.54) is 12.0 Å². The van der Waals surface area contributed by atoms with Crippen molar-refractivity contribution in [2.45, 2.75) is 6.04 Å². The van der Waals surface area contributed by atoms with E-state index >= 15 is 0 Å². The Kier molecular flexibility index (Phi) is 5.75. The molecular formula is C21H23N3O4. The molecule has 1 aromatic carbocycles. The van der Waals surface area contributed by atoms with Gasteiger partial charge in [-0.25, -0.2) is 0 Å². The molecule has 0 saturated carbocycles. The second kappa shape index (κ2) is 8.22. The first-order valence-corrected chi connectivity index (χ1v) is 8.92. The number of amides is 1. The molecule has 2 heterocycles. The fourth-order valence-corrected chi connectivity index (χ4v) is 3.19. The number of likely N-dealkylation sites (tertiary alicyclic amines) is 1. The van der Waals surface area contributed by atoms with Gasteiger partial charge in [0, 0.05) is 24.8 Å². The summed E-state index contributed by atoms with van der Waals surface area (Å²) in [6.45, 7) is 0.920. The summed E-state index contributed by atoms with van der Waals surface area (Å²) in [7, 11) is 5.30. The number of aliphatic hydroxyl groups is 1. The standard InChI is InChI=1S/C21H23N3O4/c1-23(2)11-12-24-18(16-9-4-5-10-22-16)17(20(26)21(24)27)19(25)14-7-6-8-15(13-14)28-3/h4-10,13,18,25H,11-12H2,1-3H3/b19-17+/t18-/m1/s1. The second-order valence-electron chi connectivity index (χ2n) is 6.78. The Bertz CT molecular complexity index is 909. The summed E-state index contributed by atoms with van der Waals surface area (Å²) in [6.07, 6.45) is 1.60. The number of methoxy groups -OCH3 is 1. The van der Waals surface area contributed by atoms with Crippen LogP contribution in [0, 0.1) is 0 Å². The van der Waals surface area contributed by atoms with Crippen LogP contribution in [0.3, 0.4) is 0 Å². The summed E-state index contributed by atoms with van der Waals surface area (Å²) in [6, 6.07) is 11.3. The highest BCUT2D eigenvalue weighted by molar-refractivity contribution is 6.46. The number of rotatable bonds is 6. The van der Waals surface area contributed by atoms with Crippen molar-refractivity contribution in [3.8, 4) is 5.75 Å². The van der Waals surface area contributed by atoms with Crippen LogP contribution in [0.5, 0.6) is 5.75 Å². The molecule has 146 valence electrons. The van der Waals surface area contributed by atoms with Gasteiger partial charge in [0.05, 0.1) is 18.4 Å². The molecule has 0 aliphatic carbocycles. The smallest absolute Gasteiger partial charge is 0.295 e. The summed E-state index contributed by atoms with van der Waals surface area (Å²) in [5.41, 5.74) is 0.978.